The van der Waals surface area contributed by atoms with Crippen LogP contribution < -0.4 is 5.32 Å². The molecule has 1 atom stereocenters. The SMILES string of the molecule is CC(C)c1nc(CN2CC[C@]3(C2)NC(=O)N(C(C)C)C3=O)no1. The number of aromatic nitrogens is 2. The maximum Gasteiger partial charge on any atom is 0.325 e. The van der Waals surface area contributed by atoms with E-state index in [0.29, 0.717) is 37.8 Å². The van der Waals surface area contributed by atoms with E-state index in [9.17, 15) is 9.59 Å². The standard InChI is InChI=1S/C15H23N5O3/c1-9(2)12-16-11(18-23-12)7-19-6-5-15(8-19)13(21)20(10(3)4)14(22)17-15/h9-10H,5-8H2,1-4H3,(H,17,22)/t15-/m1/s1. The van der Waals surface area contributed by atoms with E-state index in [0.717, 1.165) is 0 Å². The average Bonchev–Trinajstić information content (AvgIpc) is 3.12. The first-order valence-electron chi connectivity index (χ1n) is 8.03. The van der Waals surface area contributed by atoms with Gasteiger partial charge in [-0.25, -0.2) is 4.79 Å². The average molecular weight is 321 g/mol. The number of carbonyl (C=O) groups is 2. The van der Waals surface area contributed by atoms with E-state index in [1.54, 1.807) is 0 Å². The molecule has 0 saturated carbocycles. The van der Waals surface area contributed by atoms with Gasteiger partial charge in [-0.2, -0.15) is 4.98 Å². The Morgan fingerprint density at radius 2 is 2.04 bits per heavy atom. The number of nitrogens with zero attached hydrogens (tertiary/aromatic N) is 4. The highest BCUT2D eigenvalue weighted by Crippen LogP contribution is 2.30. The van der Waals surface area contributed by atoms with Crippen molar-refractivity contribution < 1.29 is 14.1 Å². The van der Waals surface area contributed by atoms with Crippen LogP contribution in [-0.2, 0) is 11.3 Å². The molecule has 1 spiro atoms. The van der Waals surface area contributed by atoms with Crippen LogP contribution in [0.4, 0.5) is 4.79 Å². The van der Waals surface area contributed by atoms with Crippen molar-refractivity contribution in [2.45, 2.75) is 58.2 Å². The number of hydrogen-bond acceptors (Lipinski definition) is 6. The fourth-order valence-electron chi connectivity index (χ4n) is 3.18. The van der Waals surface area contributed by atoms with Crippen LogP contribution in [0.2, 0.25) is 0 Å². The van der Waals surface area contributed by atoms with Gasteiger partial charge in [0, 0.05) is 25.0 Å². The normalized spacial score (nSPS) is 25.4. The molecule has 0 bridgehead atoms. The molecule has 3 heterocycles. The molecular weight excluding hydrogens is 298 g/mol. The third-order valence-corrected chi connectivity index (χ3v) is 4.40. The maximum absolute atomic E-state index is 12.6. The molecule has 1 aromatic rings. The quantitative estimate of drug-likeness (QED) is 0.835. The fourth-order valence-corrected chi connectivity index (χ4v) is 3.18. The van der Waals surface area contributed by atoms with Crippen LogP contribution in [-0.4, -0.2) is 56.5 Å². The van der Waals surface area contributed by atoms with Crippen molar-refractivity contribution in [3.63, 3.8) is 0 Å². The highest BCUT2D eigenvalue weighted by molar-refractivity contribution is 6.07. The lowest BCUT2D eigenvalue weighted by atomic mass is 9.99. The number of nitrogens with one attached hydrogen (secondary N) is 1. The minimum atomic E-state index is -0.800. The molecule has 8 heteroatoms. The molecule has 0 radical (unpaired) electrons. The molecule has 23 heavy (non-hydrogen) atoms. The second-order valence-electron chi connectivity index (χ2n) is 6.95. The van der Waals surface area contributed by atoms with Crippen LogP contribution in [0.3, 0.4) is 0 Å². The van der Waals surface area contributed by atoms with Gasteiger partial charge in [0.25, 0.3) is 5.91 Å². The molecule has 1 aromatic heterocycles. The van der Waals surface area contributed by atoms with E-state index in [4.69, 9.17) is 4.52 Å². The molecule has 126 valence electrons. The summed E-state index contributed by atoms with van der Waals surface area (Å²) < 4.78 is 5.21. The Morgan fingerprint density at radius 3 is 2.61 bits per heavy atom. The van der Waals surface area contributed by atoms with E-state index in [1.807, 2.05) is 27.7 Å². The third kappa shape index (κ3) is 2.71. The topological polar surface area (TPSA) is 91.6 Å². The summed E-state index contributed by atoms with van der Waals surface area (Å²) in [4.78, 5) is 32.5. The first kappa shape index (κ1) is 15.9. The van der Waals surface area contributed by atoms with Gasteiger partial charge < -0.3 is 9.84 Å². The van der Waals surface area contributed by atoms with E-state index in [-0.39, 0.29) is 23.9 Å². The Morgan fingerprint density at radius 1 is 1.30 bits per heavy atom. The molecule has 0 aromatic carbocycles. The maximum atomic E-state index is 12.6. The van der Waals surface area contributed by atoms with Crippen molar-refractivity contribution in [3.05, 3.63) is 11.7 Å². The van der Waals surface area contributed by atoms with Crippen LogP contribution in [0, 0.1) is 0 Å². The summed E-state index contributed by atoms with van der Waals surface area (Å²) in [6, 6.07) is -0.435. The predicted octanol–water partition coefficient (Wildman–Crippen LogP) is 1.10. The molecule has 0 unspecified atom stereocenters. The van der Waals surface area contributed by atoms with Gasteiger partial charge in [-0.1, -0.05) is 19.0 Å². The number of hydrogen-bond donors (Lipinski definition) is 1. The summed E-state index contributed by atoms with van der Waals surface area (Å²) in [5.74, 6) is 1.29. The number of likely N-dealkylation sites (tertiary alicyclic amines) is 1. The minimum absolute atomic E-state index is 0.129. The minimum Gasteiger partial charge on any atom is -0.339 e. The highest BCUT2D eigenvalue weighted by atomic mass is 16.5. The second-order valence-corrected chi connectivity index (χ2v) is 6.95. The molecule has 3 rings (SSSR count). The number of amides is 3. The van der Waals surface area contributed by atoms with Gasteiger partial charge in [-0.15, -0.1) is 0 Å². The van der Waals surface area contributed by atoms with Gasteiger partial charge in [-0.3, -0.25) is 14.6 Å². The second kappa shape index (κ2) is 5.59. The summed E-state index contributed by atoms with van der Waals surface area (Å²) in [6.07, 6.45) is 0.607. The smallest absolute Gasteiger partial charge is 0.325 e. The monoisotopic (exact) mass is 321 g/mol. The molecule has 2 saturated heterocycles. The highest BCUT2D eigenvalue weighted by Gasteiger charge is 2.55. The van der Waals surface area contributed by atoms with Gasteiger partial charge in [0.05, 0.1) is 6.54 Å². The molecular formula is C15H23N5O3. The molecule has 3 amide bonds. The number of urea groups is 1. The van der Waals surface area contributed by atoms with E-state index in [1.165, 1.54) is 4.90 Å². The Kier molecular flexibility index (Phi) is 3.87. The van der Waals surface area contributed by atoms with Crippen LogP contribution >= 0.6 is 0 Å². The van der Waals surface area contributed by atoms with Crippen LogP contribution in [0.15, 0.2) is 4.52 Å². The third-order valence-electron chi connectivity index (χ3n) is 4.40. The zero-order chi connectivity index (χ0) is 16.8. The summed E-state index contributed by atoms with van der Waals surface area (Å²) >= 11 is 0. The van der Waals surface area contributed by atoms with E-state index >= 15 is 0 Å². The largest absolute Gasteiger partial charge is 0.339 e. The number of imide groups is 1. The van der Waals surface area contributed by atoms with Crippen LogP contribution in [0.1, 0.15) is 51.7 Å². The van der Waals surface area contributed by atoms with Crippen LogP contribution in [0.25, 0.3) is 0 Å². The molecule has 0 aliphatic carbocycles. The number of carbonyl (C=O) groups excluding carboxylic acids is 2. The number of rotatable bonds is 4. The van der Waals surface area contributed by atoms with Crippen molar-refractivity contribution in [1.29, 1.82) is 0 Å². The molecule has 2 aliphatic rings. The summed E-state index contributed by atoms with van der Waals surface area (Å²) in [6.45, 7) is 9.38. The van der Waals surface area contributed by atoms with Gasteiger partial charge in [0.1, 0.15) is 5.54 Å². The Hall–Kier alpha value is -1.96. The Labute approximate surface area is 135 Å². The first-order valence-corrected chi connectivity index (χ1v) is 8.03. The van der Waals surface area contributed by atoms with Crippen molar-refractivity contribution >= 4 is 11.9 Å². The molecule has 2 aliphatic heterocycles. The van der Waals surface area contributed by atoms with Crippen LogP contribution in [0.5, 0.6) is 0 Å². The zero-order valence-corrected chi connectivity index (χ0v) is 14.0. The van der Waals surface area contributed by atoms with Crippen molar-refractivity contribution in [2.75, 3.05) is 13.1 Å². The lowest BCUT2D eigenvalue weighted by Crippen LogP contribution is -2.49. The van der Waals surface area contributed by atoms with Gasteiger partial charge in [0.2, 0.25) is 5.89 Å². The van der Waals surface area contributed by atoms with Gasteiger partial charge in [0.15, 0.2) is 5.82 Å². The Bertz CT molecular complexity index is 626. The summed E-state index contributed by atoms with van der Waals surface area (Å²) in [7, 11) is 0. The zero-order valence-electron chi connectivity index (χ0n) is 14.0. The summed E-state index contributed by atoms with van der Waals surface area (Å²) in [5.41, 5.74) is -0.800. The van der Waals surface area contributed by atoms with Crippen molar-refractivity contribution in [3.8, 4) is 0 Å². The molecule has 8 nitrogen and oxygen atoms in total. The lowest BCUT2D eigenvalue weighted by molar-refractivity contribution is -0.132. The summed E-state index contributed by atoms with van der Waals surface area (Å²) in [5, 5.41) is 6.86. The fraction of sp³-hybridized carbons (Fsp3) is 0.733. The van der Waals surface area contributed by atoms with Crippen molar-refractivity contribution in [2.24, 2.45) is 0 Å². The van der Waals surface area contributed by atoms with Gasteiger partial charge >= 0.3 is 6.03 Å². The Balaban J connectivity index is 1.68. The van der Waals surface area contributed by atoms with E-state index in [2.05, 4.69) is 20.4 Å². The molecule has 1 N–H and O–H groups in total. The predicted molar refractivity (Wildman–Crippen MR) is 81.5 cm³/mol. The first-order chi connectivity index (χ1) is 10.8. The molecule has 2 fully saturated rings. The lowest BCUT2D eigenvalue weighted by Gasteiger charge is -2.22. The van der Waals surface area contributed by atoms with E-state index < -0.39 is 5.54 Å². The van der Waals surface area contributed by atoms with Gasteiger partial charge in [-0.05, 0) is 20.3 Å². The van der Waals surface area contributed by atoms with Crippen molar-refractivity contribution in [1.82, 2.24) is 25.3 Å².